The largest absolute Gasteiger partial charge is 0.435 e. The molecule has 0 bridgehead atoms. The summed E-state index contributed by atoms with van der Waals surface area (Å²) in [7, 11) is 1.92. The van der Waals surface area contributed by atoms with E-state index in [4.69, 9.17) is 0 Å². The molecule has 0 aromatic heterocycles. The summed E-state index contributed by atoms with van der Waals surface area (Å²) in [5.74, 6) is 0.974. The van der Waals surface area contributed by atoms with Crippen molar-refractivity contribution in [2.24, 2.45) is 5.92 Å². The maximum atomic E-state index is 12.3. The summed E-state index contributed by atoms with van der Waals surface area (Å²) < 4.78 is 29.0. The van der Waals surface area contributed by atoms with Crippen molar-refractivity contribution in [1.29, 1.82) is 0 Å². The molecule has 0 aliphatic heterocycles. The lowest BCUT2D eigenvalue weighted by Gasteiger charge is -2.26. The van der Waals surface area contributed by atoms with Gasteiger partial charge in [-0.3, -0.25) is 0 Å². The van der Waals surface area contributed by atoms with Gasteiger partial charge >= 0.3 is 6.61 Å². The van der Waals surface area contributed by atoms with Crippen LogP contribution in [0.25, 0.3) is 0 Å². The second kappa shape index (κ2) is 7.58. The molecule has 1 aromatic carbocycles. The van der Waals surface area contributed by atoms with Crippen molar-refractivity contribution >= 4 is 0 Å². The Balaban J connectivity index is 2.02. The topological polar surface area (TPSA) is 21.3 Å². The zero-order valence-electron chi connectivity index (χ0n) is 11.9. The summed E-state index contributed by atoms with van der Waals surface area (Å²) in [4.78, 5) is 0. The lowest BCUT2D eigenvalue weighted by atomic mass is 9.83. The Kier molecular flexibility index (Phi) is 5.77. The van der Waals surface area contributed by atoms with E-state index < -0.39 is 6.61 Å². The molecule has 1 saturated carbocycles. The molecule has 20 heavy (non-hydrogen) atoms. The average molecular weight is 283 g/mol. The van der Waals surface area contributed by atoms with E-state index in [1.54, 1.807) is 18.2 Å². The van der Waals surface area contributed by atoms with Crippen LogP contribution >= 0.6 is 0 Å². The van der Waals surface area contributed by atoms with Gasteiger partial charge in [-0.2, -0.15) is 8.78 Å². The Labute approximate surface area is 119 Å². The lowest BCUT2D eigenvalue weighted by molar-refractivity contribution is -0.0499. The maximum Gasteiger partial charge on any atom is 0.387 e. The van der Waals surface area contributed by atoms with Crippen molar-refractivity contribution in [3.8, 4) is 5.75 Å². The molecule has 1 unspecified atom stereocenters. The first-order chi connectivity index (χ1) is 9.69. The number of hydrogen-bond acceptors (Lipinski definition) is 2. The SMILES string of the molecule is CNC(CC1CCCCC1)c1cccc(OC(F)F)c1. The number of benzene rings is 1. The smallest absolute Gasteiger partial charge is 0.387 e. The molecule has 0 heterocycles. The van der Waals surface area contributed by atoms with Gasteiger partial charge in [-0.05, 0) is 37.1 Å². The van der Waals surface area contributed by atoms with Crippen LogP contribution in [0, 0.1) is 5.92 Å². The van der Waals surface area contributed by atoms with Crippen LogP contribution in [0.1, 0.15) is 50.1 Å². The molecule has 0 amide bonds. The second-order valence-electron chi connectivity index (χ2n) is 5.53. The zero-order valence-corrected chi connectivity index (χ0v) is 11.9. The van der Waals surface area contributed by atoms with E-state index in [0.29, 0.717) is 0 Å². The number of ether oxygens (including phenoxy) is 1. The van der Waals surface area contributed by atoms with E-state index in [9.17, 15) is 8.78 Å². The Morgan fingerprint density at radius 1 is 1.25 bits per heavy atom. The third-order valence-electron chi connectivity index (χ3n) is 4.13. The molecule has 0 radical (unpaired) electrons. The minimum atomic E-state index is -2.77. The van der Waals surface area contributed by atoms with Gasteiger partial charge in [0, 0.05) is 6.04 Å². The van der Waals surface area contributed by atoms with Gasteiger partial charge in [0.2, 0.25) is 0 Å². The predicted octanol–water partition coefficient (Wildman–Crippen LogP) is 4.52. The Morgan fingerprint density at radius 2 is 2.00 bits per heavy atom. The summed E-state index contributed by atoms with van der Waals surface area (Å²) in [6, 6.07) is 7.25. The quantitative estimate of drug-likeness (QED) is 0.829. The molecule has 1 aliphatic carbocycles. The number of alkyl halides is 2. The zero-order chi connectivity index (χ0) is 14.4. The van der Waals surface area contributed by atoms with Crippen LogP contribution in [-0.4, -0.2) is 13.7 Å². The third-order valence-corrected chi connectivity index (χ3v) is 4.13. The van der Waals surface area contributed by atoms with Gasteiger partial charge in [0.15, 0.2) is 0 Å². The first-order valence-electron chi connectivity index (χ1n) is 7.41. The molecule has 1 fully saturated rings. The van der Waals surface area contributed by atoms with Crippen molar-refractivity contribution in [1.82, 2.24) is 5.32 Å². The van der Waals surface area contributed by atoms with E-state index >= 15 is 0 Å². The van der Waals surface area contributed by atoms with Crippen LogP contribution in [0.15, 0.2) is 24.3 Å². The van der Waals surface area contributed by atoms with Crippen LogP contribution in [0.5, 0.6) is 5.75 Å². The highest BCUT2D eigenvalue weighted by atomic mass is 19.3. The maximum absolute atomic E-state index is 12.3. The summed E-state index contributed by atoms with van der Waals surface area (Å²) >= 11 is 0. The number of hydrogen-bond donors (Lipinski definition) is 1. The Morgan fingerprint density at radius 3 is 2.65 bits per heavy atom. The number of nitrogens with one attached hydrogen (secondary N) is 1. The van der Waals surface area contributed by atoms with Crippen molar-refractivity contribution in [3.63, 3.8) is 0 Å². The molecular formula is C16H23F2NO. The van der Waals surface area contributed by atoms with Gasteiger partial charge in [-0.1, -0.05) is 44.2 Å². The van der Waals surface area contributed by atoms with Gasteiger partial charge in [-0.25, -0.2) is 0 Å². The molecule has 1 N–H and O–H groups in total. The van der Waals surface area contributed by atoms with Crippen LogP contribution in [-0.2, 0) is 0 Å². The van der Waals surface area contributed by atoms with Gasteiger partial charge in [0.25, 0.3) is 0 Å². The predicted molar refractivity (Wildman–Crippen MR) is 76.1 cm³/mol. The third kappa shape index (κ3) is 4.44. The molecule has 2 nitrogen and oxygen atoms in total. The van der Waals surface area contributed by atoms with E-state index in [1.807, 2.05) is 13.1 Å². The molecular weight excluding hydrogens is 260 g/mol. The highest BCUT2D eigenvalue weighted by Gasteiger charge is 2.19. The summed E-state index contributed by atoms with van der Waals surface area (Å²) in [6.07, 6.45) is 7.61. The van der Waals surface area contributed by atoms with E-state index in [-0.39, 0.29) is 11.8 Å². The molecule has 112 valence electrons. The molecule has 1 aromatic rings. The monoisotopic (exact) mass is 283 g/mol. The fourth-order valence-corrected chi connectivity index (χ4v) is 3.08. The normalized spacial score (nSPS) is 18.2. The Bertz CT molecular complexity index is 405. The highest BCUT2D eigenvalue weighted by Crippen LogP contribution is 2.32. The van der Waals surface area contributed by atoms with Crippen LogP contribution in [0.2, 0.25) is 0 Å². The van der Waals surface area contributed by atoms with Crippen LogP contribution in [0.4, 0.5) is 8.78 Å². The van der Waals surface area contributed by atoms with Crippen molar-refractivity contribution in [2.75, 3.05) is 7.05 Å². The van der Waals surface area contributed by atoms with E-state index in [1.165, 1.54) is 32.1 Å². The molecule has 1 aliphatic rings. The molecule has 4 heteroatoms. The molecule has 1 atom stereocenters. The van der Waals surface area contributed by atoms with Gasteiger partial charge in [-0.15, -0.1) is 0 Å². The average Bonchev–Trinajstić information content (AvgIpc) is 2.45. The first-order valence-corrected chi connectivity index (χ1v) is 7.41. The summed E-state index contributed by atoms with van der Waals surface area (Å²) in [5, 5.41) is 3.30. The summed E-state index contributed by atoms with van der Waals surface area (Å²) in [5.41, 5.74) is 1.02. The minimum Gasteiger partial charge on any atom is -0.435 e. The van der Waals surface area contributed by atoms with Crippen molar-refractivity contribution in [2.45, 2.75) is 51.2 Å². The molecule has 2 rings (SSSR count). The summed E-state index contributed by atoms with van der Waals surface area (Å²) in [6.45, 7) is -2.77. The second-order valence-corrected chi connectivity index (χ2v) is 5.53. The number of halogens is 2. The van der Waals surface area contributed by atoms with E-state index in [0.717, 1.165) is 17.9 Å². The fraction of sp³-hybridized carbons (Fsp3) is 0.625. The van der Waals surface area contributed by atoms with Gasteiger partial charge in [0.05, 0.1) is 0 Å². The van der Waals surface area contributed by atoms with Gasteiger partial charge in [0.1, 0.15) is 5.75 Å². The lowest BCUT2D eigenvalue weighted by Crippen LogP contribution is -2.21. The standard InChI is InChI=1S/C16H23F2NO/c1-19-15(10-12-6-3-2-4-7-12)13-8-5-9-14(11-13)20-16(17)18/h5,8-9,11-12,15-16,19H,2-4,6-7,10H2,1H3. The van der Waals surface area contributed by atoms with Crippen LogP contribution < -0.4 is 10.1 Å². The Hall–Kier alpha value is -1.16. The van der Waals surface area contributed by atoms with Crippen LogP contribution in [0.3, 0.4) is 0 Å². The highest BCUT2D eigenvalue weighted by molar-refractivity contribution is 5.30. The first kappa shape index (κ1) is 15.2. The fourth-order valence-electron chi connectivity index (χ4n) is 3.08. The number of rotatable bonds is 6. The minimum absolute atomic E-state index is 0.208. The van der Waals surface area contributed by atoms with Crippen molar-refractivity contribution < 1.29 is 13.5 Å². The molecule has 0 spiro atoms. The van der Waals surface area contributed by atoms with Gasteiger partial charge < -0.3 is 10.1 Å². The van der Waals surface area contributed by atoms with Crippen molar-refractivity contribution in [3.05, 3.63) is 29.8 Å². The molecule has 0 saturated heterocycles. The van der Waals surface area contributed by atoms with E-state index in [2.05, 4.69) is 10.1 Å².